The first kappa shape index (κ1) is 24.6. The third-order valence-electron chi connectivity index (χ3n) is 7.91. The standard InChI is InChI=1S/C28H20Cl2N2O6/c1-15(26(35)38-14-16-8-2-7-13-21(16)32(36)37)31-24(33)22-23(25(31)34)28(30)18-10-4-3-9-17(18)27(22,29)19-11-5-6-12-20(19)28/h2-13,15,22-23H,14H2,1H3/t15-,22-,23+,27?,28?/m1/s1. The molecule has 10 heteroatoms. The number of halogens is 2. The first-order valence-electron chi connectivity index (χ1n) is 12.0. The van der Waals surface area contributed by atoms with Gasteiger partial charge in [-0.2, -0.15) is 0 Å². The molecule has 1 fully saturated rings. The van der Waals surface area contributed by atoms with Crippen LogP contribution in [0.3, 0.4) is 0 Å². The van der Waals surface area contributed by atoms with E-state index in [1.807, 2.05) is 48.5 Å². The van der Waals surface area contributed by atoms with E-state index in [2.05, 4.69) is 0 Å². The number of imide groups is 1. The van der Waals surface area contributed by atoms with Gasteiger partial charge < -0.3 is 4.74 Å². The topological polar surface area (TPSA) is 107 Å². The lowest BCUT2D eigenvalue weighted by atomic mass is 9.54. The molecule has 7 rings (SSSR count). The number of rotatable bonds is 5. The quantitative estimate of drug-likeness (QED) is 0.151. The number of esters is 1. The van der Waals surface area contributed by atoms with E-state index in [0.29, 0.717) is 22.3 Å². The number of nitro benzene ring substituents is 1. The van der Waals surface area contributed by atoms with E-state index in [9.17, 15) is 24.5 Å². The predicted molar refractivity (Wildman–Crippen MR) is 137 cm³/mol. The first-order chi connectivity index (χ1) is 18.1. The fourth-order valence-corrected chi connectivity index (χ4v) is 7.35. The zero-order chi connectivity index (χ0) is 27.0. The van der Waals surface area contributed by atoms with Gasteiger partial charge in [-0.1, -0.05) is 60.7 Å². The van der Waals surface area contributed by atoms with Gasteiger partial charge >= 0.3 is 5.97 Å². The van der Waals surface area contributed by atoms with Gasteiger partial charge in [-0.15, -0.1) is 23.2 Å². The maximum Gasteiger partial charge on any atom is 0.329 e. The van der Waals surface area contributed by atoms with Crippen LogP contribution in [0.4, 0.5) is 5.69 Å². The van der Waals surface area contributed by atoms with Crippen molar-refractivity contribution in [3.8, 4) is 0 Å². The Hall–Kier alpha value is -3.75. The normalized spacial score (nSPS) is 27.4. The molecule has 38 heavy (non-hydrogen) atoms. The Balaban J connectivity index is 1.37. The van der Waals surface area contributed by atoms with Crippen molar-refractivity contribution >= 4 is 46.7 Å². The van der Waals surface area contributed by atoms with Gasteiger partial charge in [0, 0.05) is 6.07 Å². The summed E-state index contributed by atoms with van der Waals surface area (Å²) in [5.41, 5.74) is 2.62. The van der Waals surface area contributed by atoms with Gasteiger partial charge in [-0.3, -0.25) is 24.6 Å². The highest BCUT2D eigenvalue weighted by atomic mass is 35.5. The lowest BCUT2D eigenvalue weighted by molar-refractivity contribution is -0.385. The summed E-state index contributed by atoms with van der Waals surface area (Å²) in [7, 11) is 0. The largest absolute Gasteiger partial charge is 0.459 e. The summed E-state index contributed by atoms with van der Waals surface area (Å²) < 4.78 is 5.33. The van der Waals surface area contributed by atoms with Gasteiger partial charge in [0.05, 0.1) is 22.3 Å². The number of amides is 2. The molecule has 1 saturated heterocycles. The molecule has 3 aliphatic carbocycles. The minimum atomic E-state index is -1.36. The highest BCUT2D eigenvalue weighted by Crippen LogP contribution is 2.69. The monoisotopic (exact) mass is 550 g/mol. The average Bonchev–Trinajstić information content (AvgIpc) is 3.20. The maximum atomic E-state index is 13.9. The van der Waals surface area contributed by atoms with Crippen LogP contribution >= 0.6 is 23.2 Å². The van der Waals surface area contributed by atoms with Crippen LogP contribution in [0.25, 0.3) is 0 Å². The molecule has 8 nitrogen and oxygen atoms in total. The summed E-state index contributed by atoms with van der Waals surface area (Å²) in [6, 6.07) is 19.1. The van der Waals surface area contributed by atoms with Crippen molar-refractivity contribution in [1.29, 1.82) is 0 Å². The Morgan fingerprint density at radius 3 is 1.76 bits per heavy atom. The molecule has 192 valence electrons. The third kappa shape index (κ3) is 3.01. The van der Waals surface area contributed by atoms with Gasteiger partial charge in [0.2, 0.25) is 11.8 Å². The second kappa shape index (κ2) is 8.38. The molecule has 3 aromatic carbocycles. The van der Waals surface area contributed by atoms with Crippen molar-refractivity contribution in [2.45, 2.75) is 29.3 Å². The molecule has 0 unspecified atom stereocenters. The number of hydrogen-bond acceptors (Lipinski definition) is 6. The highest BCUT2D eigenvalue weighted by Gasteiger charge is 2.73. The summed E-state index contributed by atoms with van der Waals surface area (Å²) in [6.07, 6.45) is 0. The lowest BCUT2D eigenvalue weighted by Crippen LogP contribution is -2.57. The van der Waals surface area contributed by atoms with Gasteiger partial charge in [0.25, 0.3) is 5.69 Å². The third-order valence-corrected chi connectivity index (χ3v) is 9.19. The molecule has 1 aliphatic heterocycles. The Morgan fingerprint density at radius 1 is 0.895 bits per heavy atom. The van der Waals surface area contributed by atoms with E-state index in [1.54, 1.807) is 6.07 Å². The zero-order valence-electron chi connectivity index (χ0n) is 20.0. The van der Waals surface area contributed by atoms with Crippen LogP contribution < -0.4 is 0 Å². The van der Waals surface area contributed by atoms with Gasteiger partial charge in [0.1, 0.15) is 22.4 Å². The molecule has 1 heterocycles. The van der Waals surface area contributed by atoms with Crippen molar-refractivity contribution in [3.05, 3.63) is 111 Å². The predicted octanol–water partition coefficient (Wildman–Crippen LogP) is 4.62. The molecule has 3 atom stereocenters. The fraction of sp³-hybridized carbons (Fsp3) is 0.250. The highest BCUT2D eigenvalue weighted by molar-refractivity contribution is 6.36. The molecule has 4 aliphatic rings. The molecule has 0 aromatic heterocycles. The SMILES string of the molecule is C[C@H](C(=O)OCc1ccccc1[N+](=O)[O-])N1C(=O)[C@@H]2[C@H](C1=O)C1(Cl)c3ccccc3C2(Cl)c2ccccc21. The second-order valence-corrected chi connectivity index (χ2v) is 10.9. The van der Waals surface area contributed by atoms with E-state index in [1.165, 1.54) is 25.1 Å². The molecule has 2 amide bonds. The fourth-order valence-electron chi connectivity index (χ4n) is 6.26. The van der Waals surface area contributed by atoms with Crippen molar-refractivity contribution in [2.75, 3.05) is 0 Å². The number of carbonyl (C=O) groups excluding carboxylic acids is 3. The van der Waals surface area contributed by atoms with Crippen LogP contribution in [0.5, 0.6) is 0 Å². The van der Waals surface area contributed by atoms with Crippen LogP contribution in [-0.4, -0.2) is 33.6 Å². The number of benzene rings is 3. The number of alkyl halides is 2. The Bertz CT molecular complexity index is 1430. The maximum absolute atomic E-state index is 13.9. The molecular formula is C28H20Cl2N2O6. The van der Waals surface area contributed by atoms with E-state index in [0.717, 1.165) is 4.90 Å². The molecule has 0 N–H and O–H groups in total. The number of hydrogen-bond donors (Lipinski definition) is 0. The number of nitrogens with zero attached hydrogens (tertiary/aromatic N) is 2. The Kier molecular flexibility index (Phi) is 5.42. The van der Waals surface area contributed by atoms with E-state index >= 15 is 0 Å². The summed E-state index contributed by atoms with van der Waals surface area (Å²) in [4.78, 5) is 49.8. The smallest absolute Gasteiger partial charge is 0.329 e. The van der Waals surface area contributed by atoms with Gasteiger partial charge in [-0.05, 0) is 35.2 Å². The van der Waals surface area contributed by atoms with Crippen molar-refractivity contribution in [2.24, 2.45) is 11.8 Å². The Morgan fingerprint density at radius 2 is 1.32 bits per heavy atom. The summed E-state index contributed by atoms with van der Waals surface area (Å²) in [5, 5.41) is 11.3. The molecule has 2 bridgehead atoms. The molecular weight excluding hydrogens is 531 g/mol. The molecule has 3 aromatic rings. The summed E-state index contributed by atoms with van der Waals surface area (Å²) in [5.74, 6) is -4.18. The number of nitro groups is 1. The van der Waals surface area contributed by atoms with Crippen molar-refractivity contribution in [1.82, 2.24) is 4.90 Å². The second-order valence-electron chi connectivity index (χ2n) is 9.69. The van der Waals surface area contributed by atoms with Crippen LogP contribution in [0.2, 0.25) is 0 Å². The zero-order valence-corrected chi connectivity index (χ0v) is 21.5. The van der Waals surface area contributed by atoms with Crippen LogP contribution in [-0.2, 0) is 35.5 Å². The molecule has 0 saturated carbocycles. The summed E-state index contributed by atoms with van der Waals surface area (Å²) in [6.45, 7) is 0.998. The lowest BCUT2D eigenvalue weighted by Gasteiger charge is -2.54. The molecule has 0 radical (unpaired) electrons. The van der Waals surface area contributed by atoms with Crippen LogP contribution in [0.1, 0.15) is 34.7 Å². The van der Waals surface area contributed by atoms with E-state index < -0.39 is 50.3 Å². The summed E-state index contributed by atoms with van der Waals surface area (Å²) >= 11 is 14.8. The van der Waals surface area contributed by atoms with Crippen molar-refractivity contribution < 1.29 is 24.0 Å². The number of carbonyl (C=O) groups is 3. The van der Waals surface area contributed by atoms with Crippen LogP contribution in [0.15, 0.2) is 72.8 Å². The average molecular weight is 551 g/mol. The Labute approximate surface area is 227 Å². The first-order valence-corrected chi connectivity index (χ1v) is 12.7. The van der Waals surface area contributed by atoms with E-state index in [4.69, 9.17) is 27.9 Å². The number of likely N-dealkylation sites (tertiary alicyclic amines) is 1. The number of ether oxygens (including phenoxy) is 1. The van der Waals surface area contributed by atoms with Gasteiger partial charge in [-0.25, -0.2) is 4.79 Å². The van der Waals surface area contributed by atoms with Crippen molar-refractivity contribution in [3.63, 3.8) is 0 Å². The van der Waals surface area contributed by atoms with Gasteiger partial charge in [0.15, 0.2) is 0 Å². The van der Waals surface area contributed by atoms with E-state index in [-0.39, 0.29) is 17.9 Å². The minimum absolute atomic E-state index is 0.189. The van der Waals surface area contributed by atoms with Crippen LogP contribution in [0, 0.1) is 22.0 Å². The minimum Gasteiger partial charge on any atom is -0.459 e. The molecule has 0 spiro atoms. The number of para-hydroxylation sites is 1.